The van der Waals surface area contributed by atoms with Gasteiger partial charge in [0, 0.05) is 12.7 Å². The van der Waals surface area contributed by atoms with Crippen molar-refractivity contribution in [3.8, 4) is 11.5 Å². The second-order valence-corrected chi connectivity index (χ2v) is 4.28. The van der Waals surface area contributed by atoms with Crippen LogP contribution in [0.15, 0.2) is 45.6 Å². The van der Waals surface area contributed by atoms with Crippen LogP contribution in [0.5, 0.6) is 0 Å². The molecule has 1 heterocycles. The standard InChI is InChI=1S/C15H13NO3/c1-2-18-9-10-3-5-12-14(7-10)19-15-8-11(17)4-6-13(15)16-12/h3-8H,2,9H2,1H3. The van der Waals surface area contributed by atoms with Crippen LogP contribution >= 0.6 is 0 Å². The van der Waals surface area contributed by atoms with Gasteiger partial charge in [0.1, 0.15) is 11.2 Å². The van der Waals surface area contributed by atoms with Crippen molar-refractivity contribution in [1.82, 2.24) is 4.98 Å². The predicted molar refractivity (Wildman–Crippen MR) is 72.2 cm³/mol. The first-order valence-electron chi connectivity index (χ1n) is 6.17. The van der Waals surface area contributed by atoms with Crippen LogP contribution in [0.1, 0.15) is 12.5 Å². The zero-order valence-corrected chi connectivity index (χ0v) is 10.6. The quantitative estimate of drug-likeness (QED) is 0.675. The number of hydrogen-bond acceptors (Lipinski definition) is 4. The third-order valence-electron chi connectivity index (χ3n) is 2.89. The summed E-state index contributed by atoms with van der Waals surface area (Å²) in [4.78, 5) is 15.8. The highest BCUT2D eigenvalue weighted by Crippen LogP contribution is 2.24. The van der Waals surface area contributed by atoms with Crippen molar-refractivity contribution in [2.24, 2.45) is 0 Å². The number of ether oxygens (including phenoxy) is 1. The molecule has 1 aliphatic heterocycles. The minimum atomic E-state index is -0.0807. The normalized spacial score (nSPS) is 11.2. The summed E-state index contributed by atoms with van der Waals surface area (Å²) in [6.45, 7) is 3.17. The Bertz CT molecular complexity index is 748. The van der Waals surface area contributed by atoms with Crippen LogP contribution in [-0.4, -0.2) is 11.6 Å². The summed E-state index contributed by atoms with van der Waals surface area (Å²) in [6.07, 6.45) is 0. The van der Waals surface area contributed by atoms with Gasteiger partial charge in [0.2, 0.25) is 0 Å². The summed E-state index contributed by atoms with van der Waals surface area (Å²) in [5, 5.41) is 0. The van der Waals surface area contributed by atoms with Gasteiger partial charge in [-0.05, 0) is 36.8 Å². The molecule has 1 aliphatic carbocycles. The van der Waals surface area contributed by atoms with Crippen molar-refractivity contribution in [3.63, 3.8) is 0 Å². The molecule has 0 radical (unpaired) electrons. The average Bonchev–Trinajstić information content (AvgIpc) is 2.42. The smallest absolute Gasteiger partial charge is 0.182 e. The Morgan fingerprint density at radius 3 is 2.95 bits per heavy atom. The Balaban J connectivity index is 2.14. The molecular weight excluding hydrogens is 242 g/mol. The van der Waals surface area contributed by atoms with E-state index in [-0.39, 0.29) is 5.43 Å². The lowest BCUT2D eigenvalue weighted by atomic mass is 10.2. The number of rotatable bonds is 3. The van der Waals surface area contributed by atoms with Crippen molar-refractivity contribution in [2.45, 2.75) is 13.5 Å². The number of aromatic nitrogens is 1. The maximum absolute atomic E-state index is 11.3. The van der Waals surface area contributed by atoms with E-state index >= 15 is 0 Å². The van der Waals surface area contributed by atoms with E-state index < -0.39 is 0 Å². The average molecular weight is 255 g/mol. The monoisotopic (exact) mass is 255 g/mol. The van der Waals surface area contributed by atoms with Crippen molar-refractivity contribution in [2.75, 3.05) is 6.61 Å². The molecule has 19 heavy (non-hydrogen) atoms. The first-order valence-corrected chi connectivity index (χ1v) is 6.17. The first-order chi connectivity index (χ1) is 9.26. The van der Waals surface area contributed by atoms with Gasteiger partial charge in [0.05, 0.1) is 6.61 Å². The predicted octanol–water partition coefficient (Wildman–Crippen LogP) is 2.83. The number of hydrogen-bond donors (Lipinski definition) is 0. The van der Waals surface area contributed by atoms with Gasteiger partial charge in [-0.25, -0.2) is 4.98 Å². The summed E-state index contributed by atoms with van der Waals surface area (Å²) >= 11 is 0. The molecule has 4 nitrogen and oxygen atoms in total. The summed E-state index contributed by atoms with van der Waals surface area (Å²) in [5.74, 6) is 0.508. The summed E-state index contributed by atoms with van der Waals surface area (Å²) < 4.78 is 11.1. The van der Waals surface area contributed by atoms with E-state index in [9.17, 15) is 4.79 Å². The Kier molecular flexibility index (Phi) is 3.01. The van der Waals surface area contributed by atoms with E-state index in [0.717, 1.165) is 11.1 Å². The van der Waals surface area contributed by atoms with Gasteiger partial charge < -0.3 is 9.15 Å². The molecule has 0 unspecified atom stereocenters. The van der Waals surface area contributed by atoms with Crippen molar-refractivity contribution >= 4 is 11.1 Å². The highest BCUT2D eigenvalue weighted by molar-refractivity contribution is 5.76. The SMILES string of the molecule is CCOCc1ccc2nc3ccc(=O)cc-3oc2c1. The molecule has 0 fully saturated rings. The third kappa shape index (κ3) is 2.35. The van der Waals surface area contributed by atoms with E-state index in [2.05, 4.69) is 4.98 Å². The van der Waals surface area contributed by atoms with Crippen LogP contribution in [0.25, 0.3) is 22.6 Å². The number of benzene rings is 2. The van der Waals surface area contributed by atoms with Gasteiger partial charge in [-0.3, -0.25) is 4.79 Å². The second kappa shape index (κ2) is 4.82. The maximum Gasteiger partial charge on any atom is 0.182 e. The van der Waals surface area contributed by atoms with E-state index in [1.54, 1.807) is 6.07 Å². The summed E-state index contributed by atoms with van der Waals surface area (Å²) in [5.41, 5.74) is 3.06. The van der Waals surface area contributed by atoms with E-state index in [1.165, 1.54) is 12.1 Å². The second-order valence-electron chi connectivity index (χ2n) is 4.28. The Morgan fingerprint density at radius 2 is 2.11 bits per heavy atom. The van der Waals surface area contributed by atoms with Gasteiger partial charge in [-0.1, -0.05) is 6.07 Å². The number of fused-ring (bicyclic) bond motifs is 2. The van der Waals surface area contributed by atoms with E-state index in [4.69, 9.17) is 9.15 Å². The molecule has 4 heteroatoms. The lowest BCUT2D eigenvalue weighted by molar-refractivity contribution is 0.134. The van der Waals surface area contributed by atoms with Gasteiger partial charge >= 0.3 is 0 Å². The Morgan fingerprint density at radius 1 is 1.21 bits per heavy atom. The molecule has 1 aromatic rings. The lowest BCUT2D eigenvalue weighted by Gasteiger charge is -2.07. The fraction of sp³-hybridized carbons (Fsp3) is 0.200. The van der Waals surface area contributed by atoms with Gasteiger partial charge in [-0.15, -0.1) is 0 Å². The minimum absolute atomic E-state index is 0.0807. The molecule has 0 atom stereocenters. The molecule has 2 aliphatic rings. The van der Waals surface area contributed by atoms with Crippen LogP contribution in [0.2, 0.25) is 0 Å². The van der Waals surface area contributed by atoms with E-state index in [0.29, 0.717) is 30.3 Å². The third-order valence-corrected chi connectivity index (χ3v) is 2.89. The minimum Gasteiger partial charge on any atom is -0.453 e. The molecule has 0 aromatic heterocycles. The lowest BCUT2D eigenvalue weighted by Crippen LogP contribution is -1.99. The highest BCUT2D eigenvalue weighted by atomic mass is 16.5. The molecule has 96 valence electrons. The first kappa shape index (κ1) is 11.9. The molecule has 0 spiro atoms. The molecule has 1 aromatic carbocycles. The molecule has 0 saturated carbocycles. The zero-order chi connectivity index (χ0) is 13.2. The van der Waals surface area contributed by atoms with Crippen LogP contribution in [0.3, 0.4) is 0 Å². The van der Waals surface area contributed by atoms with Gasteiger partial charge in [0.25, 0.3) is 0 Å². The molecule has 0 saturated heterocycles. The van der Waals surface area contributed by atoms with Gasteiger partial charge in [-0.2, -0.15) is 0 Å². The highest BCUT2D eigenvalue weighted by Gasteiger charge is 2.09. The van der Waals surface area contributed by atoms with Gasteiger partial charge in [0.15, 0.2) is 16.8 Å². The topological polar surface area (TPSA) is 52.3 Å². The zero-order valence-electron chi connectivity index (χ0n) is 10.6. The molecule has 3 rings (SSSR count). The molecule has 0 amide bonds. The maximum atomic E-state index is 11.3. The Labute approximate surface area is 110 Å². The van der Waals surface area contributed by atoms with E-state index in [1.807, 2.05) is 25.1 Å². The molecular formula is C15H13NO3. The number of nitrogens with zero attached hydrogens (tertiary/aromatic N) is 1. The molecule has 0 N–H and O–H groups in total. The fourth-order valence-corrected chi connectivity index (χ4v) is 1.96. The van der Waals surface area contributed by atoms with Crippen LogP contribution < -0.4 is 5.43 Å². The van der Waals surface area contributed by atoms with Crippen molar-refractivity contribution in [3.05, 3.63) is 52.2 Å². The summed E-state index contributed by atoms with van der Waals surface area (Å²) in [7, 11) is 0. The Hall–Kier alpha value is -2.20. The van der Waals surface area contributed by atoms with Crippen LogP contribution in [-0.2, 0) is 11.3 Å². The molecule has 0 bridgehead atoms. The fourth-order valence-electron chi connectivity index (χ4n) is 1.96. The van der Waals surface area contributed by atoms with Crippen LogP contribution in [0.4, 0.5) is 0 Å². The van der Waals surface area contributed by atoms with Crippen LogP contribution in [0, 0.1) is 0 Å². The largest absolute Gasteiger partial charge is 0.453 e. The summed E-state index contributed by atoms with van der Waals surface area (Å²) in [6, 6.07) is 10.4. The van der Waals surface area contributed by atoms with Crippen molar-refractivity contribution in [1.29, 1.82) is 0 Å². The van der Waals surface area contributed by atoms with Crippen molar-refractivity contribution < 1.29 is 9.15 Å².